The second-order valence-corrected chi connectivity index (χ2v) is 5.59. The summed E-state index contributed by atoms with van der Waals surface area (Å²) < 4.78 is 5.48. The Morgan fingerprint density at radius 2 is 2.05 bits per heavy atom. The Morgan fingerprint density at radius 1 is 1.38 bits per heavy atom. The third kappa shape index (κ3) is 2.78. The van der Waals surface area contributed by atoms with Crippen LogP contribution in [0.25, 0.3) is 0 Å². The summed E-state index contributed by atoms with van der Waals surface area (Å²) in [5.74, 6) is -1.09. The Kier molecular flexibility index (Phi) is 4.32. The predicted octanol–water partition coefficient (Wildman–Crippen LogP) is 1.78. The summed E-state index contributed by atoms with van der Waals surface area (Å²) in [5, 5.41) is 2.63. The number of amides is 3. The van der Waals surface area contributed by atoms with E-state index in [9.17, 15) is 14.4 Å². The van der Waals surface area contributed by atoms with Crippen molar-refractivity contribution in [1.29, 1.82) is 0 Å². The first kappa shape index (κ1) is 15.5. The molecule has 1 atom stereocenters. The van der Waals surface area contributed by atoms with E-state index in [1.54, 1.807) is 32.0 Å². The smallest absolute Gasteiger partial charge is 0.326 e. The zero-order chi connectivity index (χ0) is 15.6. The number of hydrogen-bond acceptors (Lipinski definition) is 4. The Morgan fingerprint density at radius 3 is 2.67 bits per heavy atom. The molecule has 3 amide bonds. The van der Waals surface area contributed by atoms with Gasteiger partial charge in [-0.1, -0.05) is 34.1 Å². The Bertz CT molecular complexity index is 604. The molecule has 2 rings (SSSR count). The molecular weight excluding hydrogens is 340 g/mol. The molecule has 1 aromatic rings. The number of benzene rings is 1. The number of carbonyl (C=O) groups is 3. The van der Waals surface area contributed by atoms with E-state index in [4.69, 9.17) is 4.74 Å². The first-order valence-corrected chi connectivity index (χ1v) is 7.24. The number of urea groups is 1. The lowest BCUT2D eigenvalue weighted by Crippen LogP contribution is -2.42. The minimum Gasteiger partial charge on any atom is -0.465 e. The summed E-state index contributed by atoms with van der Waals surface area (Å²) in [5.41, 5.74) is -0.571. The van der Waals surface area contributed by atoms with Gasteiger partial charge in [-0.25, -0.2) is 4.79 Å². The molecule has 1 aromatic carbocycles. The molecule has 7 heteroatoms. The lowest BCUT2D eigenvalue weighted by molar-refractivity contribution is -0.147. The van der Waals surface area contributed by atoms with Crippen molar-refractivity contribution in [2.24, 2.45) is 0 Å². The van der Waals surface area contributed by atoms with E-state index in [1.165, 1.54) is 0 Å². The van der Waals surface area contributed by atoms with E-state index in [0.29, 0.717) is 10.0 Å². The van der Waals surface area contributed by atoms with Gasteiger partial charge in [-0.3, -0.25) is 14.5 Å². The SMILES string of the molecule is CCOC(=O)CN1C(=O)NC(C)(c2ccccc2Br)C1=O. The molecule has 0 aromatic heterocycles. The van der Waals surface area contributed by atoms with Gasteiger partial charge in [0.25, 0.3) is 5.91 Å². The molecule has 112 valence electrons. The van der Waals surface area contributed by atoms with Crippen molar-refractivity contribution >= 4 is 33.8 Å². The third-order valence-corrected chi connectivity index (χ3v) is 3.97. The van der Waals surface area contributed by atoms with Crippen LogP contribution in [0.2, 0.25) is 0 Å². The van der Waals surface area contributed by atoms with Gasteiger partial charge < -0.3 is 10.1 Å². The molecule has 0 bridgehead atoms. The number of hydrogen-bond donors (Lipinski definition) is 1. The van der Waals surface area contributed by atoms with E-state index in [2.05, 4.69) is 21.2 Å². The second-order valence-electron chi connectivity index (χ2n) is 4.73. The van der Waals surface area contributed by atoms with Gasteiger partial charge in [0.15, 0.2) is 0 Å². The number of halogens is 1. The van der Waals surface area contributed by atoms with Crippen molar-refractivity contribution in [3.63, 3.8) is 0 Å². The van der Waals surface area contributed by atoms with Crippen molar-refractivity contribution in [3.8, 4) is 0 Å². The van der Waals surface area contributed by atoms with Gasteiger partial charge in [0.05, 0.1) is 6.61 Å². The number of imide groups is 1. The summed E-state index contributed by atoms with van der Waals surface area (Å²) in [6.07, 6.45) is 0. The fraction of sp³-hybridized carbons (Fsp3) is 0.357. The minimum atomic E-state index is -1.20. The molecule has 1 aliphatic rings. The average Bonchev–Trinajstić information content (AvgIpc) is 2.64. The van der Waals surface area contributed by atoms with Crippen molar-refractivity contribution in [1.82, 2.24) is 10.2 Å². The standard InChI is InChI=1S/C14H15BrN2O4/c1-3-21-11(18)8-17-12(19)14(2,16-13(17)20)9-6-4-5-7-10(9)15/h4-7H,3,8H2,1-2H3,(H,16,20). The van der Waals surface area contributed by atoms with Crippen LogP contribution in [0.4, 0.5) is 4.79 Å². The fourth-order valence-corrected chi connectivity index (χ4v) is 2.91. The fourth-order valence-electron chi connectivity index (χ4n) is 2.23. The molecule has 1 heterocycles. The molecule has 6 nitrogen and oxygen atoms in total. The minimum absolute atomic E-state index is 0.198. The van der Waals surface area contributed by atoms with Gasteiger partial charge in [-0.05, 0) is 19.9 Å². The van der Waals surface area contributed by atoms with Crippen LogP contribution in [-0.4, -0.2) is 36.0 Å². The zero-order valence-corrected chi connectivity index (χ0v) is 13.3. The molecule has 21 heavy (non-hydrogen) atoms. The summed E-state index contributed by atoms with van der Waals surface area (Å²) in [6, 6.07) is 6.52. The van der Waals surface area contributed by atoms with Crippen LogP contribution in [0, 0.1) is 0 Å². The second kappa shape index (κ2) is 5.85. The number of carbonyl (C=O) groups excluding carboxylic acids is 3. The molecule has 1 unspecified atom stereocenters. The van der Waals surface area contributed by atoms with Crippen molar-refractivity contribution in [3.05, 3.63) is 34.3 Å². The first-order chi connectivity index (χ1) is 9.90. The van der Waals surface area contributed by atoms with E-state index in [-0.39, 0.29) is 6.61 Å². The quantitative estimate of drug-likeness (QED) is 0.660. The van der Waals surface area contributed by atoms with Crippen LogP contribution in [0.15, 0.2) is 28.7 Å². The highest BCUT2D eigenvalue weighted by atomic mass is 79.9. The first-order valence-electron chi connectivity index (χ1n) is 6.45. The van der Waals surface area contributed by atoms with Crippen LogP contribution in [0.1, 0.15) is 19.4 Å². The summed E-state index contributed by atoms with van der Waals surface area (Å²) in [4.78, 5) is 36.9. The Hall–Kier alpha value is -1.89. The van der Waals surface area contributed by atoms with Crippen LogP contribution >= 0.6 is 15.9 Å². The van der Waals surface area contributed by atoms with Gasteiger partial charge >= 0.3 is 12.0 Å². The van der Waals surface area contributed by atoms with Crippen molar-refractivity contribution in [2.75, 3.05) is 13.2 Å². The van der Waals surface area contributed by atoms with E-state index < -0.39 is 30.0 Å². The molecule has 0 saturated carbocycles. The maximum atomic E-state index is 12.5. The number of nitrogens with one attached hydrogen (secondary N) is 1. The van der Waals surface area contributed by atoms with E-state index >= 15 is 0 Å². The van der Waals surface area contributed by atoms with Crippen LogP contribution < -0.4 is 5.32 Å². The van der Waals surface area contributed by atoms with Gasteiger partial charge in [-0.15, -0.1) is 0 Å². The maximum Gasteiger partial charge on any atom is 0.326 e. The Labute approximate surface area is 130 Å². The number of nitrogens with zero attached hydrogens (tertiary/aromatic N) is 1. The normalized spacial score (nSPS) is 21.4. The lowest BCUT2D eigenvalue weighted by atomic mass is 9.92. The highest BCUT2D eigenvalue weighted by molar-refractivity contribution is 9.10. The van der Waals surface area contributed by atoms with Crippen molar-refractivity contribution < 1.29 is 19.1 Å². The topological polar surface area (TPSA) is 75.7 Å². The number of esters is 1. The highest BCUT2D eigenvalue weighted by Gasteiger charge is 2.50. The largest absolute Gasteiger partial charge is 0.465 e. The molecule has 0 spiro atoms. The van der Waals surface area contributed by atoms with Gasteiger partial charge in [0.1, 0.15) is 12.1 Å². The molecule has 0 aliphatic carbocycles. The summed E-state index contributed by atoms with van der Waals surface area (Å²) >= 11 is 3.37. The van der Waals surface area contributed by atoms with E-state index in [1.807, 2.05) is 6.07 Å². The maximum absolute atomic E-state index is 12.5. The van der Waals surface area contributed by atoms with E-state index in [0.717, 1.165) is 4.90 Å². The highest BCUT2D eigenvalue weighted by Crippen LogP contribution is 2.33. The van der Waals surface area contributed by atoms with Crippen molar-refractivity contribution in [2.45, 2.75) is 19.4 Å². The van der Waals surface area contributed by atoms with Gasteiger partial charge in [0.2, 0.25) is 0 Å². The number of ether oxygens (including phenoxy) is 1. The van der Waals surface area contributed by atoms with Crippen LogP contribution in [-0.2, 0) is 19.9 Å². The zero-order valence-electron chi connectivity index (χ0n) is 11.7. The molecule has 1 N–H and O–H groups in total. The summed E-state index contributed by atoms with van der Waals surface area (Å²) in [7, 11) is 0. The Balaban J connectivity index is 2.29. The van der Waals surface area contributed by atoms with Gasteiger partial charge in [-0.2, -0.15) is 0 Å². The summed E-state index contributed by atoms with van der Waals surface area (Å²) in [6.45, 7) is 3.08. The van der Waals surface area contributed by atoms with Crippen LogP contribution in [0.5, 0.6) is 0 Å². The monoisotopic (exact) mass is 354 g/mol. The molecular formula is C14H15BrN2O4. The molecule has 0 radical (unpaired) electrons. The molecule has 1 fully saturated rings. The molecule has 1 aliphatic heterocycles. The lowest BCUT2D eigenvalue weighted by Gasteiger charge is -2.23. The predicted molar refractivity (Wildman–Crippen MR) is 78.4 cm³/mol. The number of rotatable bonds is 4. The van der Waals surface area contributed by atoms with Crippen LogP contribution in [0.3, 0.4) is 0 Å². The molecule has 1 saturated heterocycles. The average molecular weight is 355 g/mol. The van der Waals surface area contributed by atoms with Gasteiger partial charge in [0, 0.05) is 10.0 Å². The third-order valence-electron chi connectivity index (χ3n) is 3.28.